The molecule has 1 aliphatic heterocycles. The molecule has 0 spiro atoms. The van der Waals surface area contributed by atoms with Crippen LogP contribution in [-0.4, -0.2) is 42.4 Å². The van der Waals surface area contributed by atoms with Crippen molar-refractivity contribution < 1.29 is 14.3 Å². The van der Waals surface area contributed by atoms with Gasteiger partial charge in [-0.15, -0.1) is 0 Å². The molecule has 4 nitrogen and oxygen atoms in total. The quantitative estimate of drug-likeness (QED) is 0.676. The van der Waals surface area contributed by atoms with E-state index in [1.165, 1.54) is 0 Å². The molecular weight excluding hydrogens is 194 g/mol. The zero-order chi connectivity index (χ0) is 11.7. The summed E-state index contributed by atoms with van der Waals surface area (Å²) in [5, 5.41) is 0. The molecular formula is C11H21NO3. The average Bonchev–Trinajstić information content (AvgIpc) is 2.77. The Morgan fingerprint density at radius 3 is 2.47 bits per heavy atom. The molecule has 1 unspecified atom stereocenters. The van der Waals surface area contributed by atoms with Gasteiger partial charge in [-0.25, -0.2) is 4.79 Å². The van der Waals surface area contributed by atoms with Gasteiger partial charge in [0, 0.05) is 13.6 Å². The van der Waals surface area contributed by atoms with E-state index in [2.05, 4.69) is 6.92 Å². The molecule has 1 heterocycles. The van der Waals surface area contributed by atoms with Gasteiger partial charge in [0.25, 0.3) is 0 Å². The zero-order valence-corrected chi connectivity index (χ0v) is 10.3. The largest absolute Gasteiger partial charge is 0.444 e. The number of carbonyl (C=O) groups is 1. The summed E-state index contributed by atoms with van der Waals surface area (Å²) in [6.07, 6.45) is 0.592. The van der Waals surface area contributed by atoms with Gasteiger partial charge in [0.05, 0.1) is 12.2 Å². The third-order valence-electron chi connectivity index (χ3n) is 2.32. The van der Waals surface area contributed by atoms with Crippen molar-refractivity contribution in [2.45, 2.75) is 45.3 Å². The highest BCUT2D eigenvalue weighted by Crippen LogP contribution is 2.29. The Balaban J connectivity index is 2.27. The summed E-state index contributed by atoms with van der Waals surface area (Å²) in [6.45, 7) is 9.12. The highest BCUT2D eigenvalue weighted by molar-refractivity contribution is 5.67. The molecule has 1 amide bonds. The Bertz CT molecular complexity index is 241. The van der Waals surface area contributed by atoms with Crippen LogP contribution in [0.2, 0.25) is 0 Å². The van der Waals surface area contributed by atoms with Gasteiger partial charge in [-0.1, -0.05) is 0 Å². The second-order valence-corrected chi connectivity index (χ2v) is 5.39. The van der Waals surface area contributed by atoms with Crippen LogP contribution in [0.5, 0.6) is 0 Å². The summed E-state index contributed by atoms with van der Waals surface area (Å²) >= 11 is 0. The Morgan fingerprint density at radius 2 is 2.07 bits per heavy atom. The van der Waals surface area contributed by atoms with Crippen molar-refractivity contribution in [1.82, 2.24) is 4.90 Å². The van der Waals surface area contributed by atoms with E-state index in [-0.39, 0.29) is 11.7 Å². The Hall–Kier alpha value is -0.770. The third kappa shape index (κ3) is 4.51. The minimum atomic E-state index is -0.425. The molecule has 1 saturated heterocycles. The van der Waals surface area contributed by atoms with Crippen LogP contribution in [0, 0.1) is 0 Å². The lowest BCUT2D eigenvalue weighted by atomic mass is 10.1. The van der Waals surface area contributed by atoms with Gasteiger partial charge < -0.3 is 14.4 Å². The SMILES string of the molecule is CN(CCC1(C)CO1)C(=O)OC(C)(C)C. The standard InChI is InChI=1S/C11H21NO3/c1-10(2,3)15-9(13)12(5)7-6-11(4)8-14-11/h6-8H2,1-5H3. The summed E-state index contributed by atoms with van der Waals surface area (Å²) in [6, 6.07) is 0. The highest BCUT2D eigenvalue weighted by Gasteiger charge is 2.39. The van der Waals surface area contributed by atoms with E-state index in [0.29, 0.717) is 6.54 Å². The second kappa shape index (κ2) is 4.00. The molecule has 4 heteroatoms. The summed E-state index contributed by atoms with van der Waals surface area (Å²) in [4.78, 5) is 13.2. The van der Waals surface area contributed by atoms with Gasteiger partial charge >= 0.3 is 6.09 Å². The second-order valence-electron chi connectivity index (χ2n) is 5.39. The molecule has 0 aromatic carbocycles. The fourth-order valence-electron chi connectivity index (χ4n) is 1.10. The third-order valence-corrected chi connectivity index (χ3v) is 2.32. The first-order valence-corrected chi connectivity index (χ1v) is 5.30. The molecule has 0 aromatic heterocycles. The smallest absolute Gasteiger partial charge is 0.410 e. The van der Waals surface area contributed by atoms with E-state index in [0.717, 1.165) is 13.0 Å². The highest BCUT2D eigenvalue weighted by atomic mass is 16.6. The van der Waals surface area contributed by atoms with Crippen molar-refractivity contribution in [2.75, 3.05) is 20.2 Å². The van der Waals surface area contributed by atoms with E-state index in [1.54, 1.807) is 11.9 Å². The van der Waals surface area contributed by atoms with Gasteiger partial charge in [-0.05, 0) is 34.1 Å². The van der Waals surface area contributed by atoms with Crippen LogP contribution >= 0.6 is 0 Å². The lowest BCUT2D eigenvalue weighted by Crippen LogP contribution is -2.35. The van der Waals surface area contributed by atoms with Crippen LogP contribution < -0.4 is 0 Å². The first-order chi connectivity index (χ1) is 6.72. The zero-order valence-electron chi connectivity index (χ0n) is 10.3. The molecule has 1 aliphatic rings. The van der Waals surface area contributed by atoms with Crippen LogP contribution in [0.1, 0.15) is 34.1 Å². The van der Waals surface area contributed by atoms with E-state index < -0.39 is 5.60 Å². The van der Waals surface area contributed by atoms with E-state index in [9.17, 15) is 4.79 Å². The maximum Gasteiger partial charge on any atom is 0.410 e. The van der Waals surface area contributed by atoms with Crippen LogP contribution in [0.15, 0.2) is 0 Å². The lowest BCUT2D eigenvalue weighted by molar-refractivity contribution is 0.0288. The Morgan fingerprint density at radius 1 is 1.53 bits per heavy atom. The number of amides is 1. The van der Waals surface area contributed by atoms with Crippen LogP contribution in [-0.2, 0) is 9.47 Å². The number of ether oxygens (including phenoxy) is 2. The van der Waals surface area contributed by atoms with Crippen molar-refractivity contribution in [3.8, 4) is 0 Å². The topological polar surface area (TPSA) is 42.1 Å². The van der Waals surface area contributed by atoms with Crippen molar-refractivity contribution in [3.05, 3.63) is 0 Å². The molecule has 1 atom stereocenters. The van der Waals surface area contributed by atoms with Gasteiger partial charge in [-0.3, -0.25) is 0 Å². The lowest BCUT2D eigenvalue weighted by Gasteiger charge is -2.25. The van der Waals surface area contributed by atoms with Gasteiger partial charge in [0.15, 0.2) is 0 Å². The summed E-state index contributed by atoms with van der Waals surface area (Å²) in [7, 11) is 1.75. The minimum Gasteiger partial charge on any atom is -0.444 e. The number of hydrogen-bond acceptors (Lipinski definition) is 3. The van der Waals surface area contributed by atoms with Crippen molar-refractivity contribution in [1.29, 1.82) is 0 Å². The first-order valence-electron chi connectivity index (χ1n) is 5.30. The Kier molecular flexibility index (Phi) is 3.28. The van der Waals surface area contributed by atoms with Crippen LogP contribution in [0.4, 0.5) is 4.79 Å². The molecule has 15 heavy (non-hydrogen) atoms. The number of epoxide rings is 1. The predicted molar refractivity (Wildman–Crippen MR) is 57.8 cm³/mol. The molecule has 88 valence electrons. The fraction of sp³-hybridized carbons (Fsp3) is 0.909. The van der Waals surface area contributed by atoms with Crippen LogP contribution in [0.3, 0.4) is 0 Å². The van der Waals surface area contributed by atoms with Gasteiger partial charge in [0.1, 0.15) is 5.60 Å². The molecule has 0 saturated carbocycles. The number of nitrogens with zero attached hydrogens (tertiary/aromatic N) is 1. The molecule has 0 aromatic rings. The number of carbonyl (C=O) groups excluding carboxylic acids is 1. The number of rotatable bonds is 3. The molecule has 1 fully saturated rings. The summed E-state index contributed by atoms with van der Waals surface area (Å²) in [5.41, 5.74) is -0.429. The molecule has 0 aliphatic carbocycles. The maximum atomic E-state index is 11.6. The van der Waals surface area contributed by atoms with Crippen molar-refractivity contribution in [2.24, 2.45) is 0 Å². The van der Waals surface area contributed by atoms with E-state index >= 15 is 0 Å². The first kappa shape index (κ1) is 12.3. The van der Waals surface area contributed by atoms with E-state index in [4.69, 9.17) is 9.47 Å². The van der Waals surface area contributed by atoms with Gasteiger partial charge in [0.2, 0.25) is 0 Å². The average molecular weight is 215 g/mol. The van der Waals surface area contributed by atoms with Gasteiger partial charge in [-0.2, -0.15) is 0 Å². The monoisotopic (exact) mass is 215 g/mol. The van der Waals surface area contributed by atoms with Crippen molar-refractivity contribution in [3.63, 3.8) is 0 Å². The minimum absolute atomic E-state index is 0.00370. The molecule has 0 radical (unpaired) electrons. The fourth-order valence-corrected chi connectivity index (χ4v) is 1.10. The summed E-state index contributed by atoms with van der Waals surface area (Å²) in [5.74, 6) is 0. The van der Waals surface area contributed by atoms with E-state index in [1.807, 2.05) is 20.8 Å². The maximum absolute atomic E-state index is 11.6. The Labute approximate surface area is 91.5 Å². The predicted octanol–water partition coefficient (Wildman–Crippen LogP) is 2.03. The van der Waals surface area contributed by atoms with Crippen LogP contribution in [0.25, 0.3) is 0 Å². The molecule has 0 N–H and O–H groups in total. The summed E-state index contributed by atoms with van der Waals surface area (Å²) < 4.78 is 10.5. The molecule has 0 bridgehead atoms. The normalized spacial score (nSPS) is 24.9. The van der Waals surface area contributed by atoms with Crippen molar-refractivity contribution >= 4 is 6.09 Å². The molecule has 1 rings (SSSR count). The number of hydrogen-bond donors (Lipinski definition) is 0.